The van der Waals surface area contributed by atoms with Crippen molar-refractivity contribution in [2.75, 3.05) is 4.72 Å². The number of nitrogens with zero attached hydrogens (tertiary/aromatic N) is 1. The van der Waals surface area contributed by atoms with Crippen LogP contribution in [-0.2, 0) is 21.3 Å². The summed E-state index contributed by atoms with van der Waals surface area (Å²) >= 11 is 0. The summed E-state index contributed by atoms with van der Waals surface area (Å²) in [6.45, 7) is 2.30. The Bertz CT molecular complexity index is 735. The molecule has 0 bridgehead atoms. The molecule has 20 heavy (non-hydrogen) atoms. The molecule has 0 saturated carbocycles. The first-order chi connectivity index (χ1) is 9.58. The van der Waals surface area contributed by atoms with Crippen LogP contribution in [0.3, 0.4) is 0 Å². The van der Waals surface area contributed by atoms with Gasteiger partial charge in [0.15, 0.2) is 5.03 Å². The molecule has 3 rings (SSSR count). The van der Waals surface area contributed by atoms with Crippen molar-refractivity contribution in [3.8, 4) is 0 Å². The van der Waals surface area contributed by atoms with Gasteiger partial charge in [-0.1, -0.05) is 25.0 Å². The highest BCUT2D eigenvalue weighted by molar-refractivity contribution is 7.92. The number of sulfonamides is 1. The minimum absolute atomic E-state index is 0.00386. The number of pyridine rings is 1. The van der Waals surface area contributed by atoms with Crippen molar-refractivity contribution < 1.29 is 13.1 Å². The number of aromatic nitrogens is 1. The molecule has 0 amide bonds. The fraction of sp³-hybridized carbons (Fsp3) is 0.154. The zero-order valence-corrected chi connectivity index (χ0v) is 11.7. The Morgan fingerprint density at radius 2 is 2.10 bits per heavy atom. The molecule has 1 aromatic carbocycles. The van der Waals surface area contributed by atoms with E-state index in [1.165, 1.54) is 12.3 Å². The second kappa shape index (κ2) is 4.92. The largest absolute Gasteiger partial charge is 0.427 e. The third-order valence-corrected chi connectivity index (χ3v) is 4.53. The predicted molar refractivity (Wildman–Crippen MR) is 77.5 cm³/mol. The SMILES string of the molecule is CB1OCc2cccc(NS(=O)(=O)c3ccccn3)c21. The molecule has 0 atom stereocenters. The fourth-order valence-corrected chi connectivity index (χ4v) is 3.34. The Balaban J connectivity index is 1.99. The topological polar surface area (TPSA) is 68.3 Å². The number of anilines is 1. The lowest BCUT2D eigenvalue weighted by atomic mass is 9.63. The first kappa shape index (κ1) is 13.1. The van der Waals surface area contributed by atoms with E-state index in [1.807, 2.05) is 19.0 Å². The first-order valence-electron chi connectivity index (χ1n) is 6.25. The highest BCUT2D eigenvalue weighted by Gasteiger charge is 2.28. The lowest BCUT2D eigenvalue weighted by Gasteiger charge is -2.12. The van der Waals surface area contributed by atoms with Crippen molar-refractivity contribution in [2.45, 2.75) is 18.5 Å². The smallest absolute Gasteiger partial charge is 0.326 e. The summed E-state index contributed by atoms with van der Waals surface area (Å²) in [5.74, 6) is 0. The molecule has 1 N–H and O–H groups in total. The number of rotatable bonds is 3. The van der Waals surface area contributed by atoms with E-state index >= 15 is 0 Å². The summed E-state index contributed by atoms with van der Waals surface area (Å²) in [5.41, 5.74) is 2.46. The molecule has 1 aliphatic heterocycles. The lowest BCUT2D eigenvalue weighted by molar-refractivity contribution is 0.333. The second-order valence-electron chi connectivity index (χ2n) is 4.61. The molecule has 1 aromatic heterocycles. The van der Waals surface area contributed by atoms with Crippen molar-refractivity contribution in [3.05, 3.63) is 48.2 Å². The van der Waals surface area contributed by atoms with E-state index in [2.05, 4.69) is 9.71 Å². The summed E-state index contributed by atoms with van der Waals surface area (Å²) < 4.78 is 32.7. The first-order valence-corrected chi connectivity index (χ1v) is 7.73. The summed E-state index contributed by atoms with van der Waals surface area (Å²) in [7, 11) is -3.67. The van der Waals surface area contributed by atoms with Crippen LogP contribution in [0.1, 0.15) is 5.56 Å². The van der Waals surface area contributed by atoms with Crippen LogP contribution in [0.2, 0.25) is 6.82 Å². The molecular weight excluding hydrogens is 275 g/mol. The number of hydrogen-bond acceptors (Lipinski definition) is 4. The van der Waals surface area contributed by atoms with E-state index in [1.54, 1.807) is 18.2 Å². The Kier molecular flexibility index (Phi) is 3.23. The van der Waals surface area contributed by atoms with Crippen molar-refractivity contribution >= 4 is 28.1 Å². The maximum absolute atomic E-state index is 12.3. The van der Waals surface area contributed by atoms with Crippen LogP contribution in [0.25, 0.3) is 0 Å². The van der Waals surface area contributed by atoms with Crippen LogP contribution in [0, 0.1) is 0 Å². The van der Waals surface area contributed by atoms with Gasteiger partial charge in [0.25, 0.3) is 10.0 Å². The van der Waals surface area contributed by atoms with Gasteiger partial charge in [0.2, 0.25) is 0 Å². The molecule has 0 aliphatic carbocycles. The summed E-state index contributed by atoms with van der Waals surface area (Å²) in [5, 5.41) is 0.00386. The van der Waals surface area contributed by atoms with Crippen molar-refractivity contribution in [1.82, 2.24) is 4.98 Å². The maximum atomic E-state index is 12.3. The molecule has 0 unspecified atom stereocenters. The average molecular weight is 288 g/mol. The standard InChI is InChI=1S/C13H13BN2O3S/c1-14-13-10(9-19-14)5-4-6-11(13)16-20(17,18)12-7-2-3-8-15-12/h2-8,16H,9H2,1H3. The molecule has 102 valence electrons. The van der Waals surface area contributed by atoms with Gasteiger partial charge in [0.05, 0.1) is 6.61 Å². The molecule has 2 heterocycles. The van der Waals surface area contributed by atoms with Crippen molar-refractivity contribution in [1.29, 1.82) is 0 Å². The van der Waals surface area contributed by atoms with Crippen molar-refractivity contribution in [2.24, 2.45) is 0 Å². The summed E-state index contributed by atoms with van der Waals surface area (Å²) in [4.78, 5) is 3.88. The monoisotopic (exact) mass is 288 g/mol. The highest BCUT2D eigenvalue weighted by Crippen LogP contribution is 2.19. The highest BCUT2D eigenvalue weighted by atomic mass is 32.2. The Hall–Kier alpha value is -1.86. The van der Waals surface area contributed by atoms with Gasteiger partial charge in [0.1, 0.15) is 0 Å². The van der Waals surface area contributed by atoms with E-state index in [0.29, 0.717) is 12.3 Å². The van der Waals surface area contributed by atoms with Crippen LogP contribution in [0.15, 0.2) is 47.6 Å². The molecule has 0 fully saturated rings. The second-order valence-corrected chi connectivity index (χ2v) is 6.23. The summed E-state index contributed by atoms with van der Waals surface area (Å²) in [6, 6.07) is 10.3. The minimum Gasteiger partial charge on any atom is -0.427 e. The van der Waals surface area contributed by atoms with E-state index < -0.39 is 10.0 Å². The Morgan fingerprint density at radius 1 is 1.25 bits per heavy atom. The van der Waals surface area contributed by atoms with E-state index in [4.69, 9.17) is 4.65 Å². The normalized spacial score (nSPS) is 14.2. The zero-order valence-electron chi connectivity index (χ0n) is 10.9. The molecule has 2 aromatic rings. The lowest BCUT2D eigenvalue weighted by Crippen LogP contribution is -2.29. The third-order valence-electron chi connectivity index (χ3n) is 3.25. The molecule has 0 radical (unpaired) electrons. The molecule has 1 aliphatic rings. The quantitative estimate of drug-likeness (QED) is 0.863. The van der Waals surface area contributed by atoms with E-state index in [-0.39, 0.29) is 11.9 Å². The van der Waals surface area contributed by atoms with Crippen LogP contribution in [0.4, 0.5) is 5.69 Å². The molecule has 0 spiro atoms. The third kappa shape index (κ3) is 2.30. The molecule has 7 heteroatoms. The van der Waals surface area contributed by atoms with Gasteiger partial charge in [-0.15, -0.1) is 0 Å². The Labute approximate surface area is 118 Å². The van der Waals surface area contributed by atoms with Gasteiger partial charge in [-0.05, 0) is 29.2 Å². The maximum Gasteiger partial charge on any atom is 0.326 e. The summed E-state index contributed by atoms with van der Waals surface area (Å²) in [6.07, 6.45) is 1.45. The fourth-order valence-electron chi connectivity index (χ4n) is 2.31. The number of nitrogens with one attached hydrogen (secondary N) is 1. The van der Waals surface area contributed by atoms with Gasteiger partial charge in [-0.3, -0.25) is 4.72 Å². The number of fused-ring (bicyclic) bond motifs is 1. The molecule has 5 nitrogen and oxygen atoms in total. The molecule has 0 saturated heterocycles. The number of hydrogen-bond donors (Lipinski definition) is 1. The zero-order chi connectivity index (χ0) is 14.2. The minimum atomic E-state index is -3.67. The van der Waals surface area contributed by atoms with Crippen LogP contribution < -0.4 is 10.2 Å². The van der Waals surface area contributed by atoms with Gasteiger partial charge < -0.3 is 4.65 Å². The van der Waals surface area contributed by atoms with Gasteiger partial charge in [0, 0.05) is 11.9 Å². The van der Waals surface area contributed by atoms with Crippen LogP contribution in [0.5, 0.6) is 0 Å². The average Bonchev–Trinajstić information content (AvgIpc) is 2.82. The predicted octanol–water partition coefficient (Wildman–Crippen LogP) is 1.24. The van der Waals surface area contributed by atoms with E-state index in [0.717, 1.165) is 11.0 Å². The van der Waals surface area contributed by atoms with Gasteiger partial charge in [-0.2, -0.15) is 8.42 Å². The number of benzene rings is 1. The van der Waals surface area contributed by atoms with Gasteiger partial charge >= 0.3 is 6.92 Å². The van der Waals surface area contributed by atoms with Crippen LogP contribution in [-0.4, -0.2) is 20.3 Å². The van der Waals surface area contributed by atoms with Crippen LogP contribution >= 0.6 is 0 Å². The van der Waals surface area contributed by atoms with Crippen molar-refractivity contribution in [3.63, 3.8) is 0 Å². The van der Waals surface area contributed by atoms with Gasteiger partial charge in [-0.25, -0.2) is 4.98 Å². The van der Waals surface area contributed by atoms with E-state index in [9.17, 15) is 8.42 Å². The molecular formula is C13H13BN2O3S. The Morgan fingerprint density at radius 3 is 2.85 bits per heavy atom.